The maximum atomic E-state index is 5.21. The van der Waals surface area contributed by atoms with Gasteiger partial charge in [0.1, 0.15) is 5.01 Å². The van der Waals surface area contributed by atoms with E-state index < -0.39 is 0 Å². The van der Waals surface area contributed by atoms with Crippen molar-refractivity contribution in [2.45, 2.75) is 19.3 Å². The number of rotatable bonds is 3. The fourth-order valence-electron chi connectivity index (χ4n) is 8.20. The first kappa shape index (κ1) is 27.5. The number of benzene rings is 8. The van der Waals surface area contributed by atoms with Gasteiger partial charge >= 0.3 is 0 Å². The van der Waals surface area contributed by atoms with Crippen LogP contribution in [0.1, 0.15) is 25.0 Å². The first-order valence-electron chi connectivity index (χ1n) is 16.6. The molecule has 0 atom stereocenters. The van der Waals surface area contributed by atoms with E-state index in [0.29, 0.717) is 0 Å². The lowest BCUT2D eigenvalue weighted by molar-refractivity contribution is 0.660. The van der Waals surface area contributed by atoms with Crippen molar-refractivity contribution in [3.63, 3.8) is 0 Å². The van der Waals surface area contributed by atoms with Crippen LogP contribution in [0.3, 0.4) is 0 Å². The number of thiazole rings is 1. The van der Waals surface area contributed by atoms with Crippen LogP contribution in [0.2, 0.25) is 0 Å². The van der Waals surface area contributed by atoms with E-state index in [2.05, 4.69) is 166 Å². The highest BCUT2D eigenvalue weighted by Crippen LogP contribution is 2.52. The fraction of sp³-hybridized carbons (Fsp3) is 0.0652. The molecule has 48 heavy (non-hydrogen) atoms. The van der Waals surface area contributed by atoms with E-state index in [1.54, 1.807) is 11.3 Å². The third kappa shape index (κ3) is 3.93. The number of hydrogen-bond acceptors (Lipinski definition) is 2. The minimum atomic E-state index is -0.0808. The summed E-state index contributed by atoms with van der Waals surface area (Å²) in [5, 5.41) is 8.56. The molecule has 1 aliphatic carbocycles. The second kappa shape index (κ2) is 10.2. The number of fused-ring (bicyclic) bond motifs is 7. The van der Waals surface area contributed by atoms with Crippen LogP contribution in [-0.2, 0) is 5.41 Å². The van der Waals surface area contributed by atoms with Gasteiger partial charge in [-0.05, 0) is 101 Å². The van der Waals surface area contributed by atoms with Crippen molar-refractivity contribution in [1.29, 1.82) is 0 Å². The van der Waals surface area contributed by atoms with Crippen LogP contribution in [0.4, 0.5) is 0 Å². The normalized spacial score (nSPS) is 13.4. The highest BCUT2D eigenvalue weighted by atomic mass is 32.1. The molecule has 0 aliphatic heterocycles. The van der Waals surface area contributed by atoms with Gasteiger partial charge in [0.05, 0.1) is 10.2 Å². The van der Waals surface area contributed by atoms with Gasteiger partial charge < -0.3 is 0 Å². The number of para-hydroxylation sites is 1. The van der Waals surface area contributed by atoms with Crippen LogP contribution < -0.4 is 0 Å². The monoisotopic (exact) mass is 629 g/mol. The van der Waals surface area contributed by atoms with Crippen LogP contribution in [0.15, 0.2) is 152 Å². The fourth-order valence-corrected chi connectivity index (χ4v) is 9.24. The molecule has 0 N–H and O–H groups in total. The average Bonchev–Trinajstić information content (AvgIpc) is 3.66. The van der Waals surface area contributed by atoms with E-state index in [4.69, 9.17) is 4.98 Å². The van der Waals surface area contributed by atoms with Gasteiger partial charge in [-0.15, -0.1) is 11.3 Å². The summed E-state index contributed by atoms with van der Waals surface area (Å²) < 4.78 is 1.21. The van der Waals surface area contributed by atoms with Crippen molar-refractivity contribution in [3.8, 4) is 44.0 Å². The molecule has 0 amide bonds. The largest absolute Gasteiger partial charge is 0.236 e. The highest BCUT2D eigenvalue weighted by molar-refractivity contribution is 7.21. The molecular formula is C46H31NS. The molecule has 1 aromatic heterocycles. The zero-order valence-corrected chi connectivity index (χ0v) is 27.6. The Hall–Kier alpha value is -5.57. The number of hydrogen-bond donors (Lipinski definition) is 0. The molecule has 0 radical (unpaired) electrons. The van der Waals surface area contributed by atoms with Crippen LogP contribution in [0.25, 0.3) is 86.5 Å². The minimum Gasteiger partial charge on any atom is -0.236 e. The van der Waals surface area contributed by atoms with Crippen LogP contribution >= 0.6 is 11.3 Å². The van der Waals surface area contributed by atoms with E-state index in [-0.39, 0.29) is 5.41 Å². The first-order valence-corrected chi connectivity index (χ1v) is 17.5. The molecule has 0 unspecified atom stereocenters. The van der Waals surface area contributed by atoms with Crippen LogP contribution in [-0.4, -0.2) is 4.98 Å². The van der Waals surface area contributed by atoms with Gasteiger partial charge in [-0.2, -0.15) is 0 Å². The summed E-state index contributed by atoms with van der Waals surface area (Å²) in [7, 11) is 0. The van der Waals surface area contributed by atoms with Crippen molar-refractivity contribution in [2.75, 3.05) is 0 Å². The van der Waals surface area contributed by atoms with Gasteiger partial charge in [0, 0.05) is 11.0 Å². The quantitative estimate of drug-likeness (QED) is 0.177. The maximum Gasteiger partial charge on any atom is 0.125 e. The summed E-state index contributed by atoms with van der Waals surface area (Å²) in [5.41, 5.74) is 12.7. The lowest BCUT2D eigenvalue weighted by Gasteiger charge is -2.23. The van der Waals surface area contributed by atoms with Gasteiger partial charge in [0.25, 0.3) is 0 Å². The third-order valence-corrected chi connectivity index (χ3v) is 11.6. The molecule has 8 aromatic carbocycles. The average molecular weight is 630 g/mol. The van der Waals surface area contributed by atoms with E-state index in [1.807, 2.05) is 0 Å². The molecule has 9 aromatic rings. The second-order valence-corrected chi connectivity index (χ2v) is 14.5. The Morgan fingerprint density at radius 2 is 1.10 bits per heavy atom. The summed E-state index contributed by atoms with van der Waals surface area (Å²) in [6.45, 7) is 4.74. The van der Waals surface area contributed by atoms with Gasteiger partial charge in [-0.25, -0.2) is 4.98 Å². The molecule has 10 rings (SSSR count). The summed E-state index contributed by atoms with van der Waals surface area (Å²) >= 11 is 1.78. The second-order valence-electron chi connectivity index (χ2n) is 13.5. The molecule has 1 nitrogen and oxygen atoms in total. The third-order valence-electron chi connectivity index (χ3n) is 10.5. The van der Waals surface area contributed by atoms with Crippen LogP contribution in [0.5, 0.6) is 0 Å². The predicted molar refractivity (Wildman–Crippen MR) is 206 cm³/mol. The minimum absolute atomic E-state index is 0.0808. The smallest absolute Gasteiger partial charge is 0.125 e. The summed E-state index contributed by atoms with van der Waals surface area (Å²) in [6.07, 6.45) is 0. The standard InChI is InChI=1S/C46H31NS/c1-46(2)39-19-8-7-15-33(39)34-24-23-30(27-40(34)46)43-35-16-5-6-17-36(35)44(45-47-41-20-9-10-21-42(41)48-45)37-25-22-29(26-38(37)43)32-18-11-13-28-12-3-4-14-31(28)32/h3-27H,1-2H3. The molecule has 0 bridgehead atoms. The lowest BCUT2D eigenvalue weighted by Crippen LogP contribution is -2.14. The van der Waals surface area contributed by atoms with E-state index in [1.165, 1.54) is 87.1 Å². The molecule has 1 aliphatic rings. The Kier molecular flexibility index (Phi) is 5.86. The molecule has 0 saturated carbocycles. The molecule has 2 heteroatoms. The van der Waals surface area contributed by atoms with Crippen molar-refractivity contribution in [1.82, 2.24) is 4.98 Å². The van der Waals surface area contributed by atoms with Crippen LogP contribution in [0, 0.1) is 0 Å². The van der Waals surface area contributed by atoms with Gasteiger partial charge in [0.2, 0.25) is 0 Å². The van der Waals surface area contributed by atoms with Crippen molar-refractivity contribution in [3.05, 3.63) is 163 Å². The van der Waals surface area contributed by atoms with E-state index in [9.17, 15) is 0 Å². The summed E-state index contributed by atoms with van der Waals surface area (Å²) in [4.78, 5) is 5.21. The van der Waals surface area contributed by atoms with Gasteiger partial charge in [0.15, 0.2) is 0 Å². The van der Waals surface area contributed by atoms with Crippen molar-refractivity contribution < 1.29 is 0 Å². The highest BCUT2D eigenvalue weighted by Gasteiger charge is 2.35. The first-order chi connectivity index (χ1) is 23.6. The Morgan fingerprint density at radius 3 is 1.98 bits per heavy atom. The lowest BCUT2D eigenvalue weighted by atomic mass is 9.80. The molecule has 0 fully saturated rings. The molecule has 1 heterocycles. The zero-order chi connectivity index (χ0) is 32.0. The van der Waals surface area contributed by atoms with Gasteiger partial charge in [-0.3, -0.25) is 0 Å². The SMILES string of the molecule is CC1(C)c2ccccc2-c2ccc(-c3c4ccccc4c(-c4nc5ccccc5s4)c4ccc(-c5cccc6ccccc56)cc34)cc21. The van der Waals surface area contributed by atoms with Gasteiger partial charge in [-0.1, -0.05) is 141 Å². The Morgan fingerprint density at radius 1 is 0.458 bits per heavy atom. The molecular weight excluding hydrogens is 599 g/mol. The van der Waals surface area contributed by atoms with E-state index >= 15 is 0 Å². The maximum absolute atomic E-state index is 5.21. The Balaban J connectivity index is 1.32. The van der Waals surface area contributed by atoms with Crippen molar-refractivity contribution in [2.24, 2.45) is 0 Å². The zero-order valence-electron chi connectivity index (χ0n) is 26.8. The van der Waals surface area contributed by atoms with E-state index in [0.717, 1.165) is 10.5 Å². The molecule has 226 valence electrons. The molecule has 0 saturated heterocycles. The van der Waals surface area contributed by atoms with Crippen molar-refractivity contribution >= 4 is 53.9 Å². The summed E-state index contributed by atoms with van der Waals surface area (Å²) in [5.74, 6) is 0. The Labute approximate surface area is 283 Å². The number of nitrogens with zero attached hydrogens (tertiary/aromatic N) is 1. The predicted octanol–water partition coefficient (Wildman–Crippen LogP) is 13.1. The molecule has 0 spiro atoms. The topological polar surface area (TPSA) is 12.9 Å². The number of aromatic nitrogens is 1. The summed E-state index contributed by atoms with van der Waals surface area (Å²) in [6, 6.07) is 55.9. The Bertz CT molecular complexity index is 2730.